The third-order valence-corrected chi connectivity index (χ3v) is 4.42. The molecule has 2 unspecified atom stereocenters. The zero-order chi connectivity index (χ0) is 15.0. The fraction of sp³-hybridized carbons (Fsp3) is 0.533. The molecular formula is C15H17Cl2FN2O. The van der Waals surface area contributed by atoms with E-state index in [0.29, 0.717) is 23.9 Å². The van der Waals surface area contributed by atoms with Crippen molar-refractivity contribution in [3.05, 3.63) is 28.8 Å². The average Bonchev–Trinajstić information content (AvgIpc) is 2.77. The molecule has 0 N–H and O–H groups in total. The summed E-state index contributed by atoms with van der Waals surface area (Å²) in [7, 11) is 0. The molecule has 3 rings (SSSR count). The number of halogens is 3. The van der Waals surface area contributed by atoms with Crippen LogP contribution in [0.4, 0.5) is 4.39 Å². The van der Waals surface area contributed by atoms with Crippen LogP contribution in [0.2, 0.25) is 5.02 Å². The molecule has 2 heterocycles. The van der Waals surface area contributed by atoms with Crippen LogP contribution in [0.5, 0.6) is 0 Å². The highest BCUT2D eigenvalue weighted by molar-refractivity contribution is 6.31. The van der Waals surface area contributed by atoms with E-state index >= 15 is 0 Å². The van der Waals surface area contributed by atoms with E-state index in [1.54, 1.807) is 6.07 Å². The van der Waals surface area contributed by atoms with Crippen LogP contribution in [0.1, 0.15) is 31.6 Å². The first-order valence-corrected chi connectivity index (χ1v) is 8.05. The van der Waals surface area contributed by atoms with E-state index in [4.69, 9.17) is 27.9 Å². The van der Waals surface area contributed by atoms with E-state index in [-0.39, 0.29) is 11.1 Å². The molecule has 1 aliphatic rings. The quantitative estimate of drug-likeness (QED) is 0.782. The summed E-state index contributed by atoms with van der Waals surface area (Å²) >= 11 is 11.8. The van der Waals surface area contributed by atoms with E-state index in [1.165, 1.54) is 6.07 Å². The Morgan fingerprint density at radius 2 is 2.29 bits per heavy atom. The number of imidazole rings is 1. The van der Waals surface area contributed by atoms with Gasteiger partial charge in [0.15, 0.2) is 0 Å². The molecule has 0 spiro atoms. The van der Waals surface area contributed by atoms with Crippen molar-refractivity contribution < 1.29 is 9.13 Å². The molecule has 0 radical (unpaired) electrons. The van der Waals surface area contributed by atoms with Crippen molar-refractivity contribution in [1.82, 2.24) is 9.55 Å². The first-order chi connectivity index (χ1) is 10.1. The summed E-state index contributed by atoms with van der Waals surface area (Å²) in [5.41, 5.74) is 1.51. The number of rotatable bonds is 3. The number of aromatic nitrogens is 2. The zero-order valence-corrected chi connectivity index (χ0v) is 13.3. The fourth-order valence-electron chi connectivity index (χ4n) is 3.02. The Hall–Kier alpha value is -0.840. The molecule has 1 fully saturated rings. The summed E-state index contributed by atoms with van der Waals surface area (Å²) in [6, 6.07) is 3.35. The van der Waals surface area contributed by atoms with E-state index in [0.717, 1.165) is 30.8 Å². The predicted molar refractivity (Wildman–Crippen MR) is 82.8 cm³/mol. The van der Waals surface area contributed by atoms with E-state index < -0.39 is 5.82 Å². The smallest absolute Gasteiger partial charge is 0.144 e. The Labute approximate surface area is 133 Å². The number of hydrogen-bond acceptors (Lipinski definition) is 2. The maximum atomic E-state index is 13.7. The lowest BCUT2D eigenvalue weighted by atomic mass is 10.0. The molecule has 2 aromatic rings. The third kappa shape index (κ3) is 2.89. The first kappa shape index (κ1) is 15.1. The second kappa shape index (κ2) is 6.11. The minimum absolute atomic E-state index is 0.126. The summed E-state index contributed by atoms with van der Waals surface area (Å²) in [4.78, 5) is 4.54. The Morgan fingerprint density at radius 1 is 1.48 bits per heavy atom. The van der Waals surface area contributed by atoms with E-state index in [1.807, 2.05) is 0 Å². The van der Waals surface area contributed by atoms with Gasteiger partial charge in [-0.15, -0.1) is 11.6 Å². The Bertz CT molecular complexity index is 659. The maximum absolute atomic E-state index is 13.7. The van der Waals surface area contributed by atoms with Crippen LogP contribution >= 0.6 is 23.2 Å². The van der Waals surface area contributed by atoms with Crippen molar-refractivity contribution in [1.29, 1.82) is 0 Å². The molecule has 0 amide bonds. The summed E-state index contributed by atoms with van der Waals surface area (Å²) in [5.74, 6) is 0.936. The predicted octanol–water partition coefficient (Wildman–Crippen LogP) is 4.35. The van der Waals surface area contributed by atoms with Gasteiger partial charge in [-0.05, 0) is 25.8 Å². The third-order valence-electron chi connectivity index (χ3n) is 3.95. The van der Waals surface area contributed by atoms with Crippen LogP contribution in [0.25, 0.3) is 11.0 Å². The Kier molecular flexibility index (Phi) is 4.38. The van der Waals surface area contributed by atoms with Gasteiger partial charge in [-0.25, -0.2) is 9.37 Å². The highest BCUT2D eigenvalue weighted by Crippen LogP contribution is 2.32. The molecule has 0 saturated carbocycles. The lowest BCUT2D eigenvalue weighted by molar-refractivity contribution is 0.00625. The van der Waals surface area contributed by atoms with Crippen LogP contribution in [0.15, 0.2) is 12.1 Å². The van der Waals surface area contributed by atoms with Crippen molar-refractivity contribution >= 4 is 34.2 Å². The van der Waals surface area contributed by atoms with E-state index in [2.05, 4.69) is 16.5 Å². The molecule has 1 aromatic heterocycles. The molecule has 1 aromatic carbocycles. The summed E-state index contributed by atoms with van der Waals surface area (Å²) in [5, 5.41) is 0.126. The molecule has 21 heavy (non-hydrogen) atoms. The summed E-state index contributed by atoms with van der Waals surface area (Å²) < 4.78 is 21.4. The van der Waals surface area contributed by atoms with Gasteiger partial charge in [0, 0.05) is 31.0 Å². The van der Waals surface area contributed by atoms with Gasteiger partial charge in [-0.1, -0.05) is 11.6 Å². The minimum atomic E-state index is -0.438. The standard InChI is InChI=1S/C15H17Cl2FN2O/c1-9-6-10(3-5-21-9)20-14-7-11(17)12(18)8-13(14)19-15(20)2-4-16/h7-10H,2-6H2,1H3. The first-order valence-electron chi connectivity index (χ1n) is 7.13. The molecule has 1 saturated heterocycles. The van der Waals surface area contributed by atoms with Gasteiger partial charge in [0.05, 0.1) is 22.2 Å². The van der Waals surface area contributed by atoms with Crippen molar-refractivity contribution in [2.45, 2.75) is 38.3 Å². The van der Waals surface area contributed by atoms with Crippen LogP contribution in [-0.4, -0.2) is 28.1 Å². The van der Waals surface area contributed by atoms with E-state index in [9.17, 15) is 4.39 Å². The normalized spacial score (nSPS) is 22.9. The minimum Gasteiger partial charge on any atom is -0.378 e. The number of aryl methyl sites for hydroxylation is 1. The number of nitrogens with zero attached hydrogens (tertiary/aromatic N) is 2. The Morgan fingerprint density at radius 3 is 3.00 bits per heavy atom. The molecular weight excluding hydrogens is 314 g/mol. The number of ether oxygens (including phenoxy) is 1. The average molecular weight is 331 g/mol. The van der Waals surface area contributed by atoms with Gasteiger partial charge in [-0.3, -0.25) is 0 Å². The summed E-state index contributed by atoms with van der Waals surface area (Å²) in [6.45, 7) is 2.79. The van der Waals surface area contributed by atoms with Crippen molar-refractivity contribution in [2.24, 2.45) is 0 Å². The second-order valence-corrected chi connectivity index (χ2v) is 6.24. The number of fused-ring (bicyclic) bond motifs is 1. The van der Waals surface area contributed by atoms with Crippen LogP contribution in [0.3, 0.4) is 0 Å². The van der Waals surface area contributed by atoms with Gasteiger partial charge < -0.3 is 9.30 Å². The largest absolute Gasteiger partial charge is 0.378 e. The molecule has 2 atom stereocenters. The number of hydrogen-bond donors (Lipinski definition) is 0. The highest BCUT2D eigenvalue weighted by atomic mass is 35.5. The second-order valence-electron chi connectivity index (χ2n) is 5.45. The lowest BCUT2D eigenvalue weighted by Crippen LogP contribution is -2.26. The number of alkyl halides is 1. The topological polar surface area (TPSA) is 27.1 Å². The van der Waals surface area contributed by atoms with Gasteiger partial charge >= 0.3 is 0 Å². The fourth-order valence-corrected chi connectivity index (χ4v) is 3.34. The van der Waals surface area contributed by atoms with Crippen LogP contribution in [0, 0.1) is 5.82 Å². The number of benzene rings is 1. The monoisotopic (exact) mass is 330 g/mol. The van der Waals surface area contributed by atoms with Gasteiger partial charge in [-0.2, -0.15) is 0 Å². The molecule has 0 bridgehead atoms. The van der Waals surface area contributed by atoms with Crippen molar-refractivity contribution in [3.63, 3.8) is 0 Å². The van der Waals surface area contributed by atoms with Gasteiger partial charge in [0.25, 0.3) is 0 Å². The van der Waals surface area contributed by atoms with Gasteiger partial charge in [0.2, 0.25) is 0 Å². The molecule has 1 aliphatic heterocycles. The Balaban J connectivity index is 2.12. The maximum Gasteiger partial charge on any atom is 0.144 e. The summed E-state index contributed by atoms with van der Waals surface area (Å²) in [6.07, 6.45) is 2.69. The SMILES string of the molecule is CC1CC(n2c(CCCl)nc3cc(F)c(Cl)cc32)CCO1. The van der Waals surface area contributed by atoms with Crippen molar-refractivity contribution in [2.75, 3.05) is 12.5 Å². The molecule has 114 valence electrons. The molecule has 3 nitrogen and oxygen atoms in total. The lowest BCUT2D eigenvalue weighted by Gasteiger charge is -2.30. The molecule has 0 aliphatic carbocycles. The highest BCUT2D eigenvalue weighted by Gasteiger charge is 2.25. The van der Waals surface area contributed by atoms with Crippen molar-refractivity contribution in [3.8, 4) is 0 Å². The zero-order valence-electron chi connectivity index (χ0n) is 11.8. The van der Waals surface area contributed by atoms with Crippen LogP contribution in [-0.2, 0) is 11.2 Å². The van der Waals surface area contributed by atoms with Gasteiger partial charge in [0.1, 0.15) is 11.6 Å². The molecule has 6 heteroatoms. The van der Waals surface area contributed by atoms with Crippen LogP contribution < -0.4 is 0 Å².